The third-order valence-corrected chi connectivity index (χ3v) is 5.23. The molecule has 0 aliphatic carbocycles. The van der Waals surface area contributed by atoms with E-state index in [9.17, 15) is 4.79 Å². The van der Waals surface area contributed by atoms with Gasteiger partial charge in [-0.2, -0.15) is 4.98 Å². The molecule has 1 aliphatic heterocycles. The number of aryl methyl sites for hydroxylation is 2. The van der Waals surface area contributed by atoms with E-state index < -0.39 is 0 Å². The van der Waals surface area contributed by atoms with E-state index in [1.54, 1.807) is 4.90 Å². The Kier molecular flexibility index (Phi) is 5.99. The molecule has 2 aromatic heterocycles. The molecular weight excluding hydrogens is 382 g/mol. The van der Waals surface area contributed by atoms with E-state index in [0.717, 1.165) is 38.0 Å². The Labute approximate surface area is 174 Å². The molecule has 30 heavy (non-hydrogen) atoms. The van der Waals surface area contributed by atoms with Gasteiger partial charge in [-0.3, -0.25) is 9.69 Å². The molecule has 0 bridgehead atoms. The van der Waals surface area contributed by atoms with Gasteiger partial charge in [0.15, 0.2) is 11.5 Å². The fourth-order valence-corrected chi connectivity index (χ4v) is 3.47. The Morgan fingerprint density at radius 3 is 2.57 bits per heavy atom. The third-order valence-electron chi connectivity index (χ3n) is 5.23. The predicted octanol–water partition coefficient (Wildman–Crippen LogP) is 1.81. The average molecular weight is 407 g/mol. The van der Waals surface area contributed by atoms with Crippen LogP contribution in [0, 0.1) is 6.92 Å². The molecule has 0 spiro atoms. The molecular formula is C21H25N7O2. The minimum Gasteiger partial charge on any atom is -0.382 e. The standard InChI is InChI=1S/C21H25N7O2/c1-15-4-6-16(7-5-15)20-25-17(30-26-20)3-2-10-27-11-13-28(14-12-27)21(29)18-19(22)24-9-8-23-18/h4-9H,2-3,10-14H2,1H3,(H2,22,24). The van der Waals surface area contributed by atoms with Crippen LogP contribution in [0.4, 0.5) is 5.82 Å². The number of anilines is 1. The maximum absolute atomic E-state index is 12.6. The summed E-state index contributed by atoms with van der Waals surface area (Å²) >= 11 is 0. The number of carbonyl (C=O) groups excluding carboxylic acids is 1. The van der Waals surface area contributed by atoms with Crippen LogP contribution in [0.1, 0.15) is 28.4 Å². The minimum atomic E-state index is -0.158. The zero-order chi connectivity index (χ0) is 20.9. The highest BCUT2D eigenvalue weighted by molar-refractivity contribution is 5.96. The van der Waals surface area contributed by atoms with Crippen LogP contribution in [0.5, 0.6) is 0 Å². The highest BCUT2D eigenvalue weighted by Crippen LogP contribution is 2.17. The van der Waals surface area contributed by atoms with E-state index in [2.05, 4.69) is 25.0 Å². The number of aromatic nitrogens is 4. The van der Waals surface area contributed by atoms with Crippen molar-refractivity contribution in [3.63, 3.8) is 0 Å². The number of amides is 1. The maximum atomic E-state index is 12.6. The number of nitrogen functional groups attached to an aromatic ring is 1. The zero-order valence-corrected chi connectivity index (χ0v) is 17.0. The van der Waals surface area contributed by atoms with Crippen molar-refractivity contribution >= 4 is 11.7 Å². The summed E-state index contributed by atoms with van der Waals surface area (Å²) in [5.41, 5.74) is 8.16. The first-order valence-electron chi connectivity index (χ1n) is 10.1. The minimum absolute atomic E-state index is 0.158. The summed E-state index contributed by atoms with van der Waals surface area (Å²) in [4.78, 5) is 29.2. The van der Waals surface area contributed by atoms with Crippen molar-refractivity contribution in [1.29, 1.82) is 0 Å². The van der Waals surface area contributed by atoms with Crippen molar-refractivity contribution in [3.05, 3.63) is 53.8 Å². The van der Waals surface area contributed by atoms with Crippen molar-refractivity contribution in [2.24, 2.45) is 0 Å². The van der Waals surface area contributed by atoms with Gasteiger partial charge >= 0.3 is 0 Å². The van der Waals surface area contributed by atoms with Gasteiger partial charge in [-0.25, -0.2) is 9.97 Å². The number of hydrogen-bond acceptors (Lipinski definition) is 8. The summed E-state index contributed by atoms with van der Waals surface area (Å²) in [6.07, 6.45) is 4.62. The van der Waals surface area contributed by atoms with Gasteiger partial charge in [0.25, 0.3) is 5.91 Å². The first-order chi connectivity index (χ1) is 14.6. The van der Waals surface area contributed by atoms with Gasteiger partial charge in [0, 0.05) is 50.6 Å². The van der Waals surface area contributed by atoms with E-state index in [-0.39, 0.29) is 17.4 Å². The number of piperazine rings is 1. The number of benzene rings is 1. The Balaban J connectivity index is 1.22. The molecule has 1 fully saturated rings. The van der Waals surface area contributed by atoms with Crippen LogP contribution in [0.25, 0.3) is 11.4 Å². The quantitative estimate of drug-likeness (QED) is 0.658. The fourth-order valence-electron chi connectivity index (χ4n) is 3.47. The van der Waals surface area contributed by atoms with Gasteiger partial charge in [-0.15, -0.1) is 0 Å². The molecule has 0 radical (unpaired) electrons. The lowest BCUT2D eigenvalue weighted by Crippen LogP contribution is -2.49. The van der Waals surface area contributed by atoms with Gasteiger partial charge in [0.05, 0.1) is 0 Å². The Bertz CT molecular complexity index is 995. The summed E-state index contributed by atoms with van der Waals surface area (Å²) in [5, 5.41) is 4.08. The monoisotopic (exact) mass is 407 g/mol. The van der Waals surface area contributed by atoms with Crippen LogP contribution < -0.4 is 5.73 Å². The normalized spacial score (nSPS) is 14.8. The van der Waals surface area contributed by atoms with Gasteiger partial charge in [0.2, 0.25) is 11.7 Å². The van der Waals surface area contributed by atoms with Crippen molar-refractivity contribution in [2.75, 3.05) is 38.5 Å². The highest BCUT2D eigenvalue weighted by atomic mass is 16.5. The fraction of sp³-hybridized carbons (Fsp3) is 0.381. The molecule has 9 nitrogen and oxygen atoms in total. The SMILES string of the molecule is Cc1ccc(-c2noc(CCCN3CCN(C(=O)c4nccnc4N)CC3)n2)cc1. The van der Waals surface area contributed by atoms with E-state index >= 15 is 0 Å². The molecule has 1 aromatic carbocycles. The van der Waals surface area contributed by atoms with Crippen molar-refractivity contribution in [1.82, 2.24) is 29.9 Å². The Hall–Kier alpha value is -3.33. The number of rotatable bonds is 6. The smallest absolute Gasteiger partial charge is 0.276 e. The first kappa shape index (κ1) is 20.0. The Morgan fingerprint density at radius 2 is 1.83 bits per heavy atom. The molecule has 0 unspecified atom stereocenters. The summed E-state index contributed by atoms with van der Waals surface area (Å²) in [7, 11) is 0. The largest absolute Gasteiger partial charge is 0.382 e. The molecule has 1 aliphatic rings. The molecule has 0 atom stereocenters. The van der Waals surface area contributed by atoms with Crippen molar-refractivity contribution in [3.8, 4) is 11.4 Å². The third kappa shape index (κ3) is 4.62. The number of nitrogens with zero attached hydrogens (tertiary/aromatic N) is 6. The van der Waals surface area contributed by atoms with E-state index in [1.807, 2.05) is 31.2 Å². The second kappa shape index (κ2) is 9.00. The molecule has 3 aromatic rings. The molecule has 9 heteroatoms. The van der Waals surface area contributed by atoms with E-state index in [4.69, 9.17) is 10.3 Å². The topological polar surface area (TPSA) is 114 Å². The average Bonchev–Trinajstić information content (AvgIpc) is 3.23. The molecule has 156 valence electrons. The molecule has 2 N–H and O–H groups in total. The van der Waals surface area contributed by atoms with Gasteiger partial charge < -0.3 is 15.2 Å². The van der Waals surface area contributed by atoms with Crippen LogP contribution in [0.3, 0.4) is 0 Å². The number of hydrogen-bond donors (Lipinski definition) is 1. The lowest BCUT2D eigenvalue weighted by atomic mass is 10.1. The van der Waals surface area contributed by atoms with Gasteiger partial charge in [0.1, 0.15) is 0 Å². The van der Waals surface area contributed by atoms with Crippen LogP contribution in [0.15, 0.2) is 41.2 Å². The van der Waals surface area contributed by atoms with Crippen molar-refractivity contribution in [2.45, 2.75) is 19.8 Å². The van der Waals surface area contributed by atoms with Gasteiger partial charge in [-0.1, -0.05) is 35.0 Å². The predicted molar refractivity (Wildman–Crippen MR) is 112 cm³/mol. The summed E-state index contributed by atoms with van der Waals surface area (Å²) < 4.78 is 5.39. The summed E-state index contributed by atoms with van der Waals surface area (Å²) in [6, 6.07) is 8.07. The first-order valence-corrected chi connectivity index (χ1v) is 10.1. The number of nitrogens with two attached hydrogens (primary N) is 1. The summed E-state index contributed by atoms with van der Waals surface area (Å²) in [5.74, 6) is 1.29. The lowest BCUT2D eigenvalue weighted by molar-refractivity contribution is 0.0630. The van der Waals surface area contributed by atoms with E-state index in [0.29, 0.717) is 24.8 Å². The molecule has 0 saturated carbocycles. The molecule has 4 rings (SSSR count). The summed E-state index contributed by atoms with van der Waals surface area (Å²) in [6.45, 7) is 5.87. The molecule has 1 amide bonds. The van der Waals surface area contributed by atoms with E-state index in [1.165, 1.54) is 18.0 Å². The number of carbonyl (C=O) groups is 1. The zero-order valence-electron chi connectivity index (χ0n) is 17.0. The molecule has 3 heterocycles. The van der Waals surface area contributed by atoms with Gasteiger partial charge in [-0.05, 0) is 19.9 Å². The van der Waals surface area contributed by atoms with Crippen LogP contribution >= 0.6 is 0 Å². The highest BCUT2D eigenvalue weighted by Gasteiger charge is 2.24. The van der Waals surface area contributed by atoms with Crippen molar-refractivity contribution < 1.29 is 9.32 Å². The van der Waals surface area contributed by atoms with Crippen LogP contribution in [-0.4, -0.2) is 68.5 Å². The second-order valence-electron chi connectivity index (χ2n) is 7.41. The maximum Gasteiger partial charge on any atom is 0.276 e. The molecule has 1 saturated heterocycles. The Morgan fingerprint density at radius 1 is 1.10 bits per heavy atom. The van der Waals surface area contributed by atoms with Crippen LogP contribution in [0.2, 0.25) is 0 Å². The lowest BCUT2D eigenvalue weighted by Gasteiger charge is -2.34. The van der Waals surface area contributed by atoms with Crippen LogP contribution in [-0.2, 0) is 6.42 Å². The second-order valence-corrected chi connectivity index (χ2v) is 7.41.